The maximum absolute atomic E-state index is 11.8. The molecule has 0 radical (unpaired) electrons. The third-order valence-corrected chi connectivity index (χ3v) is 6.73. The van der Waals surface area contributed by atoms with E-state index in [1.165, 1.54) is 44.9 Å². The highest BCUT2D eigenvalue weighted by Crippen LogP contribution is 2.52. The van der Waals surface area contributed by atoms with Crippen LogP contribution in [0.25, 0.3) is 0 Å². The van der Waals surface area contributed by atoms with E-state index in [1.54, 1.807) is 0 Å². The van der Waals surface area contributed by atoms with E-state index >= 15 is 0 Å². The standard InChI is InChI=1S/C24H48NO4P/c1-5-6-7-8-9-10-11-12-13-14-15-16-17-18-19-20-21-22-24(26,30(27,28)29)23-25(2,3)4/h6-7,13-14,26H,5,8-12,15-23H2,1-4H3,(H-,27,28,29)/p+1/b7-6-,14-13-. The Morgan fingerprint density at radius 3 is 1.57 bits per heavy atom. The highest BCUT2D eigenvalue weighted by molar-refractivity contribution is 7.53. The molecular weight excluding hydrogens is 397 g/mol. The fourth-order valence-corrected chi connectivity index (χ4v) is 4.73. The number of allylic oxidation sites excluding steroid dienone is 4. The molecule has 0 aliphatic carbocycles. The fraction of sp³-hybridized carbons (Fsp3) is 0.833. The molecule has 30 heavy (non-hydrogen) atoms. The van der Waals surface area contributed by atoms with E-state index in [-0.39, 0.29) is 13.0 Å². The van der Waals surface area contributed by atoms with Gasteiger partial charge in [-0.1, -0.05) is 63.3 Å². The van der Waals surface area contributed by atoms with Crippen LogP contribution in [0.3, 0.4) is 0 Å². The smallest absolute Gasteiger partial charge is 0.362 e. The van der Waals surface area contributed by atoms with Crippen LogP contribution in [0.1, 0.15) is 96.8 Å². The first kappa shape index (κ1) is 29.5. The maximum Gasteiger partial charge on any atom is 0.362 e. The summed E-state index contributed by atoms with van der Waals surface area (Å²) < 4.78 is 12.1. The highest BCUT2D eigenvalue weighted by atomic mass is 31.2. The predicted octanol–water partition coefficient (Wildman–Crippen LogP) is 6.15. The summed E-state index contributed by atoms with van der Waals surface area (Å²) in [6.45, 7) is 2.23. The number of rotatable bonds is 19. The minimum atomic E-state index is -4.55. The van der Waals surface area contributed by atoms with E-state index < -0.39 is 12.9 Å². The van der Waals surface area contributed by atoms with Crippen LogP contribution in [0.2, 0.25) is 0 Å². The van der Waals surface area contributed by atoms with Crippen LogP contribution in [0, 0.1) is 0 Å². The SMILES string of the molecule is CC/C=C\CCCCC/C=C\CCCCCCCCC(O)(C[N+](C)(C)C)P(=O)(O)O. The summed E-state index contributed by atoms with van der Waals surface area (Å²) in [7, 11) is 0.958. The molecule has 0 heterocycles. The molecule has 0 aromatic rings. The van der Waals surface area contributed by atoms with E-state index in [0.717, 1.165) is 32.1 Å². The van der Waals surface area contributed by atoms with Gasteiger partial charge in [-0.15, -0.1) is 0 Å². The fourth-order valence-electron chi connectivity index (χ4n) is 3.68. The van der Waals surface area contributed by atoms with Gasteiger partial charge in [-0.2, -0.15) is 0 Å². The van der Waals surface area contributed by atoms with E-state index in [9.17, 15) is 19.5 Å². The van der Waals surface area contributed by atoms with E-state index in [4.69, 9.17) is 0 Å². The van der Waals surface area contributed by atoms with Gasteiger partial charge in [-0.3, -0.25) is 4.57 Å². The zero-order valence-electron chi connectivity index (χ0n) is 20.1. The van der Waals surface area contributed by atoms with Gasteiger partial charge in [0.15, 0.2) is 0 Å². The monoisotopic (exact) mass is 446 g/mol. The molecule has 6 heteroatoms. The van der Waals surface area contributed by atoms with Crippen molar-refractivity contribution in [2.75, 3.05) is 27.7 Å². The van der Waals surface area contributed by atoms with Gasteiger partial charge in [0, 0.05) is 0 Å². The Kier molecular flexibility index (Phi) is 16.0. The zero-order chi connectivity index (χ0) is 22.9. The third-order valence-electron chi connectivity index (χ3n) is 5.28. The minimum Gasteiger partial charge on any atom is -0.373 e. The summed E-state index contributed by atoms with van der Waals surface area (Å²) in [4.78, 5) is 19.2. The summed E-state index contributed by atoms with van der Waals surface area (Å²) in [5.41, 5.74) is 0. The molecule has 0 aliphatic heterocycles. The average molecular weight is 447 g/mol. The number of quaternary nitrogens is 1. The summed E-state index contributed by atoms with van der Waals surface area (Å²) >= 11 is 0. The second kappa shape index (κ2) is 16.2. The number of hydrogen-bond donors (Lipinski definition) is 3. The molecule has 178 valence electrons. The third kappa shape index (κ3) is 16.3. The van der Waals surface area contributed by atoms with Gasteiger partial charge in [0.2, 0.25) is 5.34 Å². The van der Waals surface area contributed by atoms with Crippen molar-refractivity contribution >= 4 is 7.60 Å². The van der Waals surface area contributed by atoms with Crippen molar-refractivity contribution in [1.82, 2.24) is 0 Å². The Bertz CT molecular complexity index is 522. The highest BCUT2D eigenvalue weighted by Gasteiger charge is 2.48. The van der Waals surface area contributed by atoms with Crippen molar-refractivity contribution in [2.45, 2.75) is 102 Å². The normalized spacial score (nSPS) is 15.3. The molecule has 0 fully saturated rings. The van der Waals surface area contributed by atoms with Gasteiger partial charge in [-0.25, -0.2) is 0 Å². The quantitative estimate of drug-likeness (QED) is 0.0962. The molecule has 3 N–H and O–H groups in total. The molecule has 1 unspecified atom stereocenters. The zero-order valence-corrected chi connectivity index (χ0v) is 21.0. The number of hydrogen-bond acceptors (Lipinski definition) is 2. The van der Waals surface area contributed by atoms with Crippen LogP contribution in [-0.4, -0.2) is 52.4 Å². The van der Waals surface area contributed by atoms with Gasteiger partial charge in [-0.05, 0) is 57.8 Å². The van der Waals surface area contributed by atoms with E-state index in [0.29, 0.717) is 10.9 Å². The lowest BCUT2D eigenvalue weighted by Gasteiger charge is -2.35. The molecule has 0 saturated heterocycles. The summed E-state index contributed by atoms with van der Waals surface area (Å²) in [5.74, 6) is 0. The molecular formula is C24H49NO4P+. The van der Waals surface area contributed by atoms with Crippen LogP contribution >= 0.6 is 7.60 Å². The van der Waals surface area contributed by atoms with E-state index in [1.807, 2.05) is 21.1 Å². The molecule has 5 nitrogen and oxygen atoms in total. The lowest BCUT2D eigenvalue weighted by Crippen LogP contribution is -2.49. The van der Waals surface area contributed by atoms with Gasteiger partial charge in [0.05, 0.1) is 21.1 Å². The van der Waals surface area contributed by atoms with Gasteiger partial charge in [0.1, 0.15) is 6.54 Å². The Morgan fingerprint density at radius 1 is 0.733 bits per heavy atom. The summed E-state index contributed by atoms with van der Waals surface area (Å²) in [6.07, 6.45) is 24.0. The van der Waals surface area contributed by atoms with Crippen LogP contribution in [0.5, 0.6) is 0 Å². The summed E-state index contributed by atoms with van der Waals surface area (Å²) in [6, 6.07) is 0. The first-order chi connectivity index (χ1) is 14.0. The molecule has 0 aromatic heterocycles. The van der Waals surface area contributed by atoms with Crippen LogP contribution in [-0.2, 0) is 4.57 Å². The van der Waals surface area contributed by atoms with Crippen molar-refractivity contribution in [3.63, 3.8) is 0 Å². The topological polar surface area (TPSA) is 77.8 Å². The molecule has 0 spiro atoms. The second-order valence-electron chi connectivity index (χ2n) is 9.62. The van der Waals surface area contributed by atoms with Crippen LogP contribution in [0.4, 0.5) is 0 Å². The van der Waals surface area contributed by atoms with Crippen molar-refractivity contribution in [1.29, 1.82) is 0 Å². The number of unbranched alkanes of at least 4 members (excludes halogenated alkanes) is 10. The maximum atomic E-state index is 11.8. The van der Waals surface area contributed by atoms with E-state index in [2.05, 4.69) is 31.2 Å². The Labute approximate surface area is 186 Å². The Balaban J connectivity index is 3.71. The lowest BCUT2D eigenvalue weighted by atomic mass is 10.0. The average Bonchev–Trinajstić information content (AvgIpc) is 2.62. The van der Waals surface area contributed by atoms with Gasteiger partial charge in [0.25, 0.3) is 0 Å². The molecule has 0 aliphatic rings. The van der Waals surface area contributed by atoms with Gasteiger partial charge < -0.3 is 19.4 Å². The molecule has 0 aromatic carbocycles. The largest absolute Gasteiger partial charge is 0.373 e. The number of aliphatic hydroxyl groups is 1. The number of likely N-dealkylation sites (N-methyl/N-ethyl adjacent to an activating group) is 1. The summed E-state index contributed by atoms with van der Waals surface area (Å²) in [5, 5.41) is 8.61. The van der Waals surface area contributed by atoms with Crippen molar-refractivity contribution < 1.29 is 23.9 Å². The van der Waals surface area contributed by atoms with Crippen molar-refractivity contribution in [3.8, 4) is 0 Å². The molecule has 0 rings (SSSR count). The van der Waals surface area contributed by atoms with Crippen molar-refractivity contribution in [2.24, 2.45) is 0 Å². The number of nitrogens with zero attached hydrogens (tertiary/aromatic N) is 1. The molecule has 0 amide bonds. The molecule has 1 atom stereocenters. The Hall–Kier alpha value is -0.450. The van der Waals surface area contributed by atoms with Gasteiger partial charge >= 0.3 is 7.60 Å². The predicted molar refractivity (Wildman–Crippen MR) is 128 cm³/mol. The van der Waals surface area contributed by atoms with Crippen LogP contribution in [0.15, 0.2) is 24.3 Å². The lowest BCUT2D eigenvalue weighted by molar-refractivity contribution is -0.875. The molecule has 0 bridgehead atoms. The minimum absolute atomic E-state index is 0.0551. The second-order valence-corrected chi connectivity index (χ2v) is 11.5. The van der Waals surface area contributed by atoms with Crippen molar-refractivity contribution in [3.05, 3.63) is 24.3 Å². The molecule has 0 saturated carbocycles. The first-order valence-electron chi connectivity index (χ1n) is 11.9. The van der Waals surface area contributed by atoms with Crippen LogP contribution < -0.4 is 0 Å². The first-order valence-corrected chi connectivity index (χ1v) is 13.5. The Morgan fingerprint density at radius 2 is 1.13 bits per heavy atom.